The van der Waals surface area contributed by atoms with Crippen LogP contribution in [-0.2, 0) is 26.2 Å². The fraction of sp³-hybridized carbons (Fsp3) is 0.842. The number of nitrogens with zero attached hydrogens (tertiary/aromatic N) is 4. The first-order valence-corrected chi connectivity index (χ1v) is 19.1. The number of aromatic nitrogens is 4. The van der Waals surface area contributed by atoms with Crippen molar-refractivity contribution in [2.45, 2.75) is 206 Å². The standard InChI is InChI=1S/C38H72N4O2.2BrH/c1-3-5-7-9-11-13-17-21-25-37(43)33-41-31-29-39(35-41)27-23-19-15-16-20-24-28-40-30-32-42(36-40)34-38(44)26-22-18-14-12-10-8-6-4-2;;/h29-32,35-38,43-44H,3-28,33-34H2,1-2H3;2*1H/q+2;;/p-2. The highest BCUT2D eigenvalue weighted by atomic mass is 79.9. The lowest BCUT2D eigenvalue weighted by atomic mass is 10.1. The summed E-state index contributed by atoms with van der Waals surface area (Å²) in [7, 11) is 0. The van der Waals surface area contributed by atoms with Crippen LogP contribution in [0.4, 0.5) is 0 Å². The summed E-state index contributed by atoms with van der Waals surface area (Å²) in [5.74, 6) is 0. The Kier molecular flexibility index (Phi) is 31.1. The molecule has 8 heteroatoms. The Morgan fingerprint density at radius 1 is 0.457 bits per heavy atom. The summed E-state index contributed by atoms with van der Waals surface area (Å²) in [6.07, 6.45) is 42.9. The second-order valence-corrected chi connectivity index (χ2v) is 13.7. The molecule has 0 aromatic carbocycles. The highest BCUT2D eigenvalue weighted by molar-refractivity contribution is 4.68. The minimum Gasteiger partial charge on any atom is -1.00 e. The minimum absolute atomic E-state index is 0. The van der Waals surface area contributed by atoms with Gasteiger partial charge in [-0.3, -0.25) is 0 Å². The Bertz CT molecular complexity index is 835. The van der Waals surface area contributed by atoms with E-state index in [4.69, 9.17) is 0 Å². The van der Waals surface area contributed by atoms with E-state index in [9.17, 15) is 10.2 Å². The summed E-state index contributed by atoms with van der Waals surface area (Å²) >= 11 is 0. The molecular formula is C38H72Br2N4O2. The van der Waals surface area contributed by atoms with Crippen LogP contribution in [0.15, 0.2) is 37.4 Å². The maximum atomic E-state index is 10.4. The summed E-state index contributed by atoms with van der Waals surface area (Å²) in [5.41, 5.74) is 0. The zero-order chi connectivity index (χ0) is 31.5. The molecule has 0 amide bonds. The fourth-order valence-corrected chi connectivity index (χ4v) is 6.35. The first-order valence-electron chi connectivity index (χ1n) is 19.1. The van der Waals surface area contributed by atoms with Gasteiger partial charge in [0.05, 0.1) is 25.3 Å². The van der Waals surface area contributed by atoms with Gasteiger partial charge in [-0.05, 0) is 38.5 Å². The van der Waals surface area contributed by atoms with Crippen LogP contribution in [0.3, 0.4) is 0 Å². The highest BCUT2D eigenvalue weighted by Crippen LogP contribution is 2.12. The molecule has 0 saturated heterocycles. The Labute approximate surface area is 304 Å². The number of hydrogen-bond acceptors (Lipinski definition) is 2. The lowest BCUT2D eigenvalue weighted by Gasteiger charge is -2.08. The molecule has 2 aromatic heterocycles. The molecule has 2 unspecified atom stereocenters. The first kappa shape index (κ1) is 45.3. The Morgan fingerprint density at radius 2 is 0.761 bits per heavy atom. The van der Waals surface area contributed by atoms with Crippen LogP contribution in [-0.4, -0.2) is 31.6 Å². The molecule has 2 rings (SSSR count). The number of unbranched alkanes of at least 4 members (excludes halogenated alkanes) is 19. The van der Waals surface area contributed by atoms with Gasteiger partial charge in [0.2, 0.25) is 12.7 Å². The van der Waals surface area contributed by atoms with Crippen molar-refractivity contribution >= 4 is 0 Å². The molecule has 270 valence electrons. The van der Waals surface area contributed by atoms with E-state index in [0.717, 1.165) is 38.8 Å². The molecule has 2 N–H and O–H groups in total. The van der Waals surface area contributed by atoms with E-state index in [-0.39, 0.29) is 46.2 Å². The zero-order valence-corrected chi connectivity index (χ0v) is 33.0. The average Bonchev–Trinajstić information content (AvgIpc) is 3.66. The maximum Gasteiger partial charge on any atom is 0.243 e. The van der Waals surface area contributed by atoms with Crippen molar-refractivity contribution in [2.75, 3.05) is 0 Å². The average molecular weight is 777 g/mol. The molecule has 2 heterocycles. The molecule has 46 heavy (non-hydrogen) atoms. The van der Waals surface area contributed by atoms with Crippen LogP contribution in [0.2, 0.25) is 0 Å². The van der Waals surface area contributed by atoms with Crippen LogP contribution in [0.5, 0.6) is 0 Å². The number of aryl methyl sites for hydroxylation is 2. The van der Waals surface area contributed by atoms with Gasteiger partial charge in [0, 0.05) is 0 Å². The molecule has 0 spiro atoms. The van der Waals surface area contributed by atoms with E-state index in [1.165, 1.54) is 128 Å². The van der Waals surface area contributed by atoms with Crippen molar-refractivity contribution in [3.05, 3.63) is 37.4 Å². The number of rotatable bonds is 31. The zero-order valence-electron chi connectivity index (χ0n) is 29.9. The van der Waals surface area contributed by atoms with Crippen molar-refractivity contribution in [3.63, 3.8) is 0 Å². The highest BCUT2D eigenvalue weighted by Gasteiger charge is 2.12. The molecule has 6 nitrogen and oxygen atoms in total. The first-order chi connectivity index (χ1) is 21.6. The third-order valence-corrected chi connectivity index (χ3v) is 9.20. The predicted octanol–water partition coefficient (Wildman–Crippen LogP) is 2.70. The Balaban J connectivity index is 0.0000101. The van der Waals surface area contributed by atoms with Gasteiger partial charge >= 0.3 is 0 Å². The van der Waals surface area contributed by atoms with Gasteiger partial charge < -0.3 is 44.2 Å². The summed E-state index contributed by atoms with van der Waals surface area (Å²) < 4.78 is 8.85. The van der Waals surface area contributed by atoms with Crippen molar-refractivity contribution in [3.8, 4) is 0 Å². The normalized spacial score (nSPS) is 12.5. The van der Waals surface area contributed by atoms with E-state index >= 15 is 0 Å². The lowest BCUT2D eigenvalue weighted by Crippen LogP contribution is -3.00. The van der Waals surface area contributed by atoms with Gasteiger partial charge in [-0.25, -0.2) is 18.3 Å². The SMILES string of the molecule is CCCCCCCCCCC(O)C[n+]1ccn(CCCCCCCCn2cc[n+](CC(O)CCCCCCCCCC)c2)c1.[Br-].[Br-]. The van der Waals surface area contributed by atoms with Crippen LogP contribution in [0.25, 0.3) is 0 Å². The summed E-state index contributed by atoms with van der Waals surface area (Å²) in [4.78, 5) is 0. The second kappa shape index (κ2) is 31.6. The van der Waals surface area contributed by atoms with E-state index < -0.39 is 0 Å². The minimum atomic E-state index is -0.233. The number of aliphatic hydroxyl groups excluding tert-OH is 2. The number of aliphatic hydroxyl groups is 2. The number of hydrogen-bond donors (Lipinski definition) is 2. The maximum absolute atomic E-state index is 10.4. The van der Waals surface area contributed by atoms with Gasteiger partial charge in [-0.15, -0.1) is 0 Å². The summed E-state index contributed by atoms with van der Waals surface area (Å²) in [5, 5.41) is 20.9. The van der Waals surface area contributed by atoms with E-state index in [1.807, 2.05) is 0 Å². The lowest BCUT2D eigenvalue weighted by molar-refractivity contribution is -0.703. The molecule has 2 aromatic rings. The fourth-order valence-electron chi connectivity index (χ4n) is 6.35. The second-order valence-electron chi connectivity index (χ2n) is 13.7. The monoisotopic (exact) mass is 774 g/mol. The molecule has 0 fully saturated rings. The van der Waals surface area contributed by atoms with Crippen LogP contribution in [0.1, 0.15) is 168 Å². The Hall–Kier alpha value is -0.700. The largest absolute Gasteiger partial charge is 1.00 e. The number of imidazole rings is 2. The molecule has 0 aliphatic heterocycles. The predicted molar refractivity (Wildman–Crippen MR) is 183 cm³/mol. The van der Waals surface area contributed by atoms with Gasteiger partial charge in [-0.1, -0.05) is 129 Å². The van der Waals surface area contributed by atoms with E-state index in [1.54, 1.807) is 0 Å². The van der Waals surface area contributed by atoms with Gasteiger partial charge in [0.25, 0.3) is 0 Å². The van der Waals surface area contributed by atoms with Crippen molar-refractivity contribution < 1.29 is 53.3 Å². The van der Waals surface area contributed by atoms with Crippen molar-refractivity contribution in [1.29, 1.82) is 0 Å². The molecule has 0 aliphatic rings. The van der Waals surface area contributed by atoms with Gasteiger partial charge in [0.15, 0.2) is 0 Å². The van der Waals surface area contributed by atoms with Crippen molar-refractivity contribution in [1.82, 2.24) is 9.13 Å². The van der Waals surface area contributed by atoms with Gasteiger partial charge in [0.1, 0.15) is 37.9 Å². The Morgan fingerprint density at radius 3 is 1.11 bits per heavy atom. The van der Waals surface area contributed by atoms with E-state index in [0.29, 0.717) is 13.1 Å². The molecule has 0 aliphatic carbocycles. The summed E-state index contributed by atoms with van der Waals surface area (Å²) in [6, 6.07) is 0. The molecular weight excluding hydrogens is 704 g/mol. The third-order valence-electron chi connectivity index (χ3n) is 9.20. The quantitative estimate of drug-likeness (QED) is 0.0916. The van der Waals surface area contributed by atoms with Crippen LogP contribution in [0, 0.1) is 0 Å². The topological polar surface area (TPSA) is 58.1 Å². The molecule has 0 saturated carbocycles. The number of halogens is 2. The third kappa shape index (κ3) is 24.4. The smallest absolute Gasteiger partial charge is 0.243 e. The van der Waals surface area contributed by atoms with Gasteiger partial charge in [-0.2, -0.15) is 0 Å². The molecule has 0 bridgehead atoms. The molecule has 2 atom stereocenters. The summed E-state index contributed by atoms with van der Waals surface area (Å²) in [6.45, 7) is 8.09. The molecule has 0 radical (unpaired) electrons. The van der Waals surface area contributed by atoms with Crippen LogP contribution >= 0.6 is 0 Å². The van der Waals surface area contributed by atoms with E-state index in [2.05, 4.69) is 69.6 Å². The van der Waals surface area contributed by atoms with Crippen LogP contribution < -0.4 is 43.1 Å². The van der Waals surface area contributed by atoms with Crippen molar-refractivity contribution in [2.24, 2.45) is 0 Å².